The Morgan fingerprint density at radius 1 is 1.03 bits per heavy atom. The molecule has 1 aromatic heterocycles. The van der Waals surface area contributed by atoms with Gasteiger partial charge in [-0.15, -0.1) is 0 Å². The molecule has 0 saturated heterocycles. The molecule has 0 fully saturated rings. The van der Waals surface area contributed by atoms with E-state index in [0.29, 0.717) is 11.7 Å². The number of amides is 2. The number of anilines is 1. The van der Waals surface area contributed by atoms with Crippen LogP contribution in [0.1, 0.15) is 19.4 Å². The summed E-state index contributed by atoms with van der Waals surface area (Å²) in [6.45, 7) is 3.71. The Balaban J connectivity index is 1.53. The lowest BCUT2D eigenvalue weighted by atomic mass is 10.1. The number of hydrogen-bond donors (Lipinski definition) is 1. The van der Waals surface area contributed by atoms with E-state index in [9.17, 15) is 9.59 Å². The van der Waals surface area contributed by atoms with Gasteiger partial charge in [-0.25, -0.2) is 4.98 Å². The first-order valence-corrected chi connectivity index (χ1v) is 12.8. The minimum Gasteiger partial charge on any atom is -0.496 e. The van der Waals surface area contributed by atoms with Crippen LogP contribution >= 0.6 is 15.9 Å². The van der Waals surface area contributed by atoms with Gasteiger partial charge < -0.3 is 9.64 Å². The van der Waals surface area contributed by atoms with E-state index >= 15 is 0 Å². The Morgan fingerprint density at radius 2 is 1.70 bits per heavy atom. The Bertz CT molecular complexity index is 1370. The van der Waals surface area contributed by atoms with Crippen LogP contribution in [0.4, 0.5) is 5.95 Å². The number of nitrogens with zero attached hydrogens (tertiary/aromatic N) is 3. The highest BCUT2D eigenvalue weighted by molar-refractivity contribution is 9.10. The standard InChI is InChI=1S/C29H29BrN4O3/c1-20(2)33(28(36)17-21-14-15-26(37-3)24(30)16-21)19-27(35)32-29-31-25(22-10-6-4-7-11-22)18-34(29)23-12-8-5-9-13-23/h4-16,18,20H,17,19H2,1-3H3,(H,31,32,35). The molecule has 7 nitrogen and oxygen atoms in total. The average molecular weight is 561 g/mol. The molecule has 0 aliphatic carbocycles. The van der Waals surface area contributed by atoms with Crippen LogP contribution in [0.3, 0.4) is 0 Å². The Morgan fingerprint density at radius 3 is 2.32 bits per heavy atom. The van der Waals surface area contributed by atoms with Crippen molar-refractivity contribution >= 4 is 33.7 Å². The Hall–Kier alpha value is -3.91. The van der Waals surface area contributed by atoms with Crippen molar-refractivity contribution in [1.29, 1.82) is 0 Å². The number of nitrogens with one attached hydrogen (secondary N) is 1. The van der Waals surface area contributed by atoms with Crippen LogP contribution in [-0.2, 0) is 16.0 Å². The Kier molecular flexibility index (Phi) is 8.40. The third-order valence-corrected chi connectivity index (χ3v) is 6.51. The number of para-hydroxylation sites is 1. The molecule has 0 saturated carbocycles. The number of aromatic nitrogens is 2. The van der Waals surface area contributed by atoms with Crippen molar-refractivity contribution in [3.63, 3.8) is 0 Å². The fraction of sp³-hybridized carbons (Fsp3) is 0.207. The molecule has 0 atom stereocenters. The molecule has 1 N–H and O–H groups in total. The number of halogens is 1. The molecule has 4 rings (SSSR count). The minimum atomic E-state index is -0.319. The summed E-state index contributed by atoms with van der Waals surface area (Å²) in [7, 11) is 1.59. The molecule has 0 aliphatic rings. The molecule has 2 amide bonds. The van der Waals surface area contributed by atoms with Crippen molar-refractivity contribution in [2.24, 2.45) is 0 Å². The second-order valence-electron chi connectivity index (χ2n) is 8.83. The van der Waals surface area contributed by atoms with E-state index in [0.717, 1.165) is 27.0 Å². The monoisotopic (exact) mass is 560 g/mol. The highest BCUT2D eigenvalue weighted by atomic mass is 79.9. The summed E-state index contributed by atoms with van der Waals surface area (Å²) in [6.07, 6.45) is 2.07. The lowest BCUT2D eigenvalue weighted by molar-refractivity contribution is -0.135. The molecular formula is C29H29BrN4O3. The summed E-state index contributed by atoms with van der Waals surface area (Å²) in [5.74, 6) is 0.629. The Labute approximate surface area is 225 Å². The van der Waals surface area contributed by atoms with Crippen LogP contribution in [0.5, 0.6) is 5.75 Å². The molecule has 8 heteroatoms. The fourth-order valence-corrected chi connectivity index (χ4v) is 4.56. The van der Waals surface area contributed by atoms with Gasteiger partial charge in [0.05, 0.1) is 23.7 Å². The number of carbonyl (C=O) groups excluding carboxylic acids is 2. The van der Waals surface area contributed by atoms with Crippen molar-refractivity contribution in [2.75, 3.05) is 19.0 Å². The molecule has 0 aliphatic heterocycles. The molecular weight excluding hydrogens is 532 g/mol. The van der Waals surface area contributed by atoms with Crippen molar-refractivity contribution in [1.82, 2.24) is 14.5 Å². The maximum Gasteiger partial charge on any atom is 0.246 e. The quantitative estimate of drug-likeness (QED) is 0.283. The average Bonchev–Trinajstić information content (AvgIpc) is 3.32. The molecule has 37 heavy (non-hydrogen) atoms. The van der Waals surface area contributed by atoms with Gasteiger partial charge in [-0.05, 0) is 59.6 Å². The highest BCUT2D eigenvalue weighted by Crippen LogP contribution is 2.26. The van der Waals surface area contributed by atoms with E-state index in [4.69, 9.17) is 9.72 Å². The van der Waals surface area contributed by atoms with Crippen molar-refractivity contribution in [3.8, 4) is 22.7 Å². The van der Waals surface area contributed by atoms with Crippen LogP contribution in [-0.4, -0.2) is 46.0 Å². The van der Waals surface area contributed by atoms with Gasteiger partial charge in [0.15, 0.2) is 0 Å². The lowest BCUT2D eigenvalue weighted by Crippen LogP contribution is -2.43. The number of carbonyl (C=O) groups is 2. The molecule has 190 valence electrons. The largest absolute Gasteiger partial charge is 0.496 e. The van der Waals surface area contributed by atoms with Gasteiger partial charge in [-0.1, -0.05) is 54.6 Å². The van der Waals surface area contributed by atoms with Crippen molar-refractivity contribution < 1.29 is 14.3 Å². The second kappa shape index (κ2) is 11.9. The van der Waals surface area contributed by atoms with Crippen molar-refractivity contribution in [3.05, 3.63) is 95.1 Å². The predicted octanol–water partition coefficient (Wildman–Crippen LogP) is 5.73. The van der Waals surface area contributed by atoms with Gasteiger partial charge in [0.25, 0.3) is 0 Å². The zero-order valence-corrected chi connectivity index (χ0v) is 22.6. The summed E-state index contributed by atoms with van der Waals surface area (Å²) in [5, 5.41) is 2.92. The van der Waals surface area contributed by atoms with Gasteiger partial charge in [0, 0.05) is 23.5 Å². The summed E-state index contributed by atoms with van der Waals surface area (Å²) in [5.41, 5.74) is 3.38. The van der Waals surface area contributed by atoms with Gasteiger partial charge >= 0.3 is 0 Å². The van der Waals surface area contributed by atoms with E-state index in [1.165, 1.54) is 0 Å². The van der Waals surface area contributed by atoms with Crippen LogP contribution in [0, 0.1) is 0 Å². The number of imidazole rings is 1. The molecule has 4 aromatic rings. The molecule has 1 heterocycles. The maximum atomic E-state index is 13.2. The topological polar surface area (TPSA) is 76.5 Å². The molecule has 0 spiro atoms. The van der Waals surface area contributed by atoms with Gasteiger partial charge in [-0.2, -0.15) is 0 Å². The first kappa shape index (κ1) is 26.2. The van der Waals surface area contributed by atoms with Gasteiger partial charge in [0.1, 0.15) is 12.3 Å². The van der Waals surface area contributed by atoms with E-state index in [-0.39, 0.29) is 30.8 Å². The molecule has 0 bridgehead atoms. The maximum absolute atomic E-state index is 13.2. The summed E-state index contributed by atoms with van der Waals surface area (Å²) >= 11 is 3.46. The molecule has 0 unspecified atom stereocenters. The normalized spacial score (nSPS) is 10.8. The summed E-state index contributed by atoms with van der Waals surface area (Å²) in [4.78, 5) is 32.6. The zero-order chi connectivity index (χ0) is 26.4. The van der Waals surface area contributed by atoms with Crippen LogP contribution in [0.15, 0.2) is 89.5 Å². The van der Waals surface area contributed by atoms with Crippen molar-refractivity contribution in [2.45, 2.75) is 26.3 Å². The van der Waals surface area contributed by atoms with E-state index in [1.807, 2.05) is 103 Å². The second-order valence-corrected chi connectivity index (χ2v) is 9.68. The third-order valence-electron chi connectivity index (χ3n) is 5.89. The smallest absolute Gasteiger partial charge is 0.246 e. The molecule has 3 aromatic carbocycles. The summed E-state index contributed by atoms with van der Waals surface area (Å²) < 4.78 is 7.89. The first-order chi connectivity index (χ1) is 17.9. The zero-order valence-electron chi connectivity index (χ0n) is 21.0. The fourth-order valence-electron chi connectivity index (χ4n) is 3.98. The number of ether oxygens (including phenoxy) is 1. The van der Waals surface area contributed by atoms with E-state index < -0.39 is 0 Å². The van der Waals surface area contributed by atoms with Crippen LogP contribution < -0.4 is 10.1 Å². The third kappa shape index (κ3) is 6.46. The SMILES string of the molecule is COc1ccc(CC(=O)N(CC(=O)Nc2nc(-c3ccccc3)cn2-c2ccccc2)C(C)C)cc1Br. The van der Waals surface area contributed by atoms with E-state index in [2.05, 4.69) is 21.2 Å². The first-order valence-electron chi connectivity index (χ1n) is 12.0. The molecule has 0 radical (unpaired) electrons. The van der Waals surface area contributed by atoms with E-state index in [1.54, 1.807) is 12.0 Å². The highest BCUT2D eigenvalue weighted by Gasteiger charge is 2.22. The number of hydrogen-bond acceptors (Lipinski definition) is 4. The van der Waals surface area contributed by atoms with Crippen LogP contribution in [0.25, 0.3) is 16.9 Å². The predicted molar refractivity (Wildman–Crippen MR) is 149 cm³/mol. The number of rotatable bonds is 9. The van der Waals surface area contributed by atoms with Gasteiger partial charge in [0.2, 0.25) is 17.8 Å². The lowest BCUT2D eigenvalue weighted by Gasteiger charge is -2.26. The summed E-state index contributed by atoms with van der Waals surface area (Å²) in [6, 6.07) is 24.8. The number of benzene rings is 3. The van der Waals surface area contributed by atoms with Crippen LogP contribution in [0.2, 0.25) is 0 Å². The number of methoxy groups -OCH3 is 1. The van der Waals surface area contributed by atoms with Gasteiger partial charge in [-0.3, -0.25) is 19.5 Å². The minimum absolute atomic E-state index is 0.0872.